The monoisotopic (exact) mass is 363 g/mol. The summed E-state index contributed by atoms with van der Waals surface area (Å²) in [7, 11) is 0. The van der Waals surface area contributed by atoms with Crippen molar-refractivity contribution in [1.82, 2.24) is 9.38 Å². The highest BCUT2D eigenvalue weighted by Gasteiger charge is 2.13. The first-order chi connectivity index (χ1) is 10.1. The van der Waals surface area contributed by atoms with Gasteiger partial charge >= 0.3 is 0 Å². The largest absolute Gasteiger partial charge is 0.369 e. The van der Waals surface area contributed by atoms with Crippen LogP contribution in [0.25, 0.3) is 16.8 Å². The molecule has 0 bridgehead atoms. The zero-order valence-corrected chi connectivity index (χ0v) is 13.2. The number of carbonyl (C=O) groups is 1. The average Bonchev–Trinajstić information content (AvgIpc) is 2.81. The van der Waals surface area contributed by atoms with Crippen LogP contribution in [0.15, 0.2) is 47.3 Å². The zero-order chi connectivity index (χ0) is 15.0. The van der Waals surface area contributed by atoms with Gasteiger partial charge in [-0.3, -0.25) is 9.20 Å². The van der Waals surface area contributed by atoms with Gasteiger partial charge < -0.3 is 5.73 Å². The lowest BCUT2D eigenvalue weighted by Gasteiger charge is -2.09. The van der Waals surface area contributed by atoms with Gasteiger partial charge in [-0.25, -0.2) is 4.98 Å². The molecule has 2 aromatic heterocycles. The van der Waals surface area contributed by atoms with Crippen molar-refractivity contribution < 1.29 is 4.79 Å². The Morgan fingerprint density at radius 3 is 2.86 bits per heavy atom. The number of hydrogen-bond acceptors (Lipinski definition) is 2. The molecule has 2 heterocycles. The molecule has 0 aliphatic heterocycles. The van der Waals surface area contributed by atoms with Gasteiger partial charge in [0.05, 0.1) is 12.6 Å². The first kappa shape index (κ1) is 14.1. The summed E-state index contributed by atoms with van der Waals surface area (Å²) in [6.07, 6.45) is 3.75. The topological polar surface area (TPSA) is 60.4 Å². The number of aromatic nitrogens is 2. The van der Waals surface area contributed by atoms with Gasteiger partial charge in [0.15, 0.2) is 0 Å². The van der Waals surface area contributed by atoms with Crippen LogP contribution in [0.2, 0.25) is 5.02 Å². The number of imidazole rings is 1. The molecule has 6 heteroatoms. The van der Waals surface area contributed by atoms with E-state index >= 15 is 0 Å². The summed E-state index contributed by atoms with van der Waals surface area (Å²) in [5.41, 5.74) is 8.60. The summed E-state index contributed by atoms with van der Waals surface area (Å²) in [6.45, 7) is 0. The Balaban J connectivity index is 2.27. The summed E-state index contributed by atoms with van der Waals surface area (Å²) in [6, 6.07) is 9.46. The van der Waals surface area contributed by atoms with Crippen LogP contribution >= 0.6 is 27.5 Å². The molecular weight excluding hydrogens is 354 g/mol. The van der Waals surface area contributed by atoms with Gasteiger partial charge in [-0.2, -0.15) is 0 Å². The van der Waals surface area contributed by atoms with Crippen LogP contribution in [0.4, 0.5) is 0 Å². The van der Waals surface area contributed by atoms with Crippen LogP contribution in [0.1, 0.15) is 5.56 Å². The van der Waals surface area contributed by atoms with Crippen molar-refractivity contribution in [3.63, 3.8) is 0 Å². The smallest absolute Gasteiger partial charge is 0.221 e. The lowest BCUT2D eigenvalue weighted by atomic mass is 10.0. The fourth-order valence-corrected chi connectivity index (χ4v) is 2.91. The van der Waals surface area contributed by atoms with E-state index in [2.05, 4.69) is 20.9 Å². The number of hydrogen-bond donors (Lipinski definition) is 1. The number of pyridine rings is 1. The van der Waals surface area contributed by atoms with E-state index in [-0.39, 0.29) is 6.42 Å². The average molecular weight is 365 g/mol. The van der Waals surface area contributed by atoms with Gasteiger partial charge in [-0.05, 0) is 28.1 Å². The molecule has 0 unspecified atom stereocenters. The van der Waals surface area contributed by atoms with Crippen LogP contribution < -0.4 is 5.73 Å². The highest BCUT2D eigenvalue weighted by atomic mass is 79.9. The first-order valence-electron chi connectivity index (χ1n) is 6.25. The van der Waals surface area contributed by atoms with Crippen molar-refractivity contribution in [3.05, 3.63) is 57.9 Å². The molecular formula is C15H11BrClN3O. The fraction of sp³-hybridized carbons (Fsp3) is 0.0667. The maximum atomic E-state index is 11.3. The van der Waals surface area contributed by atoms with Crippen molar-refractivity contribution in [3.8, 4) is 11.1 Å². The number of halogens is 2. The Morgan fingerprint density at radius 1 is 1.38 bits per heavy atom. The van der Waals surface area contributed by atoms with Gasteiger partial charge in [0, 0.05) is 27.9 Å². The number of amides is 1. The van der Waals surface area contributed by atoms with Crippen molar-refractivity contribution in [2.24, 2.45) is 5.73 Å². The van der Waals surface area contributed by atoms with E-state index in [9.17, 15) is 4.79 Å². The lowest BCUT2D eigenvalue weighted by Crippen LogP contribution is -2.14. The van der Waals surface area contributed by atoms with Crippen LogP contribution in [-0.4, -0.2) is 15.3 Å². The maximum Gasteiger partial charge on any atom is 0.221 e. The van der Waals surface area contributed by atoms with E-state index in [4.69, 9.17) is 17.3 Å². The highest BCUT2D eigenvalue weighted by molar-refractivity contribution is 9.10. The minimum atomic E-state index is -0.396. The molecule has 0 fully saturated rings. The van der Waals surface area contributed by atoms with Gasteiger partial charge in [0.2, 0.25) is 5.91 Å². The second-order valence-electron chi connectivity index (χ2n) is 4.65. The number of primary amides is 1. The van der Waals surface area contributed by atoms with Crippen molar-refractivity contribution in [2.75, 3.05) is 0 Å². The molecule has 1 amide bonds. The fourth-order valence-electron chi connectivity index (χ4n) is 2.29. The third-order valence-corrected chi connectivity index (χ3v) is 4.10. The normalized spacial score (nSPS) is 11.0. The van der Waals surface area contributed by atoms with E-state index in [0.717, 1.165) is 21.3 Å². The quantitative estimate of drug-likeness (QED) is 0.774. The van der Waals surface area contributed by atoms with E-state index in [0.29, 0.717) is 10.7 Å². The Kier molecular flexibility index (Phi) is 3.69. The number of rotatable bonds is 3. The molecule has 3 rings (SSSR count). The molecule has 0 spiro atoms. The van der Waals surface area contributed by atoms with Crippen LogP contribution in [0.3, 0.4) is 0 Å². The van der Waals surface area contributed by atoms with E-state index in [1.165, 1.54) is 0 Å². The van der Waals surface area contributed by atoms with Crippen LogP contribution in [-0.2, 0) is 11.2 Å². The summed E-state index contributed by atoms with van der Waals surface area (Å²) >= 11 is 9.70. The van der Waals surface area contributed by atoms with Gasteiger partial charge in [0.1, 0.15) is 10.3 Å². The molecule has 2 N–H and O–H groups in total. The summed E-state index contributed by atoms with van der Waals surface area (Å²) in [5.74, 6) is -0.396. The second kappa shape index (κ2) is 5.50. The zero-order valence-electron chi connectivity index (χ0n) is 10.9. The molecule has 21 heavy (non-hydrogen) atoms. The van der Waals surface area contributed by atoms with Crippen LogP contribution in [0.5, 0.6) is 0 Å². The van der Waals surface area contributed by atoms with Gasteiger partial charge in [0.25, 0.3) is 0 Å². The molecule has 0 saturated carbocycles. The van der Waals surface area contributed by atoms with Crippen molar-refractivity contribution in [1.29, 1.82) is 0 Å². The summed E-state index contributed by atoms with van der Waals surface area (Å²) in [4.78, 5) is 15.6. The number of carbonyl (C=O) groups excluding carboxylic acids is 1. The van der Waals surface area contributed by atoms with E-state index in [1.54, 1.807) is 6.20 Å². The van der Waals surface area contributed by atoms with E-state index < -0.39 is 5.91 Å². The predicted molar refractivity (Wildman–Crippen MR) is 86.2 cm³/mol. The second-order valence-corrected chi connectivity index (χ2v) is 5.87. The lowest BCUT2D eigenvalue weighted by molar-refractivity contribution is -0.117. The minimum Gasteiger partial charge on any atom is -0.369 e. The summed E-state index contributed by atoms with van der Waals surface area (Å²) in [5, 5.41) is 0.651. The number of nitrogens with two attached hydrogens (primary N) is 1. The van der Waals surface area contributed by atoms with Crippen molar-refractivity contribution >= 4 is 39.1 Å². The number of nitrogens with zero attached hydrogens (tertiary/aromatic N) is 2. The molecule has 4 nitrogen and oxygen atoms in total. The molecule has 0 radical (unpaired) electrons. The Labute approximate surface area is 134 Å². The predicted octanol–water partition coefficient (Wildman–Crippen LogP) is 3.45. The van der Waals surface area contributed by atoms with Crippen LogP contribution in [0, 0.1) is 0 Å². The molecule has 0 saturated heterocycles. The van der Waals surface area contributed by atoms with Crippen molar-refractivity contribution in [2.45, 2.75) is 6.42 Å². The Bertz CT molecular complexity index is 844. The Hall–Kier alpha value is -1.85. The third-order valence-electron chi connectivity index (χ3n) is 3.19. The SMILES string of the molecule is NC(=O)Cc1cc(-c2ccccc2Cl)cn2c(Br)cnc12. The first-order valence-corrected chi connectivity index (χ1v) is 7.42. The molecule has 1 aromatic carbocycles. The third kappa shape index (κ3) is 2.66. The number of benzene rings is 1. The molecule has 0 atom stereocenters. The molecule has 106 valence electrons. The standard InChI is InChI=1S/C15H11BrClN3O/c16-13-7-19-15-9(6-14(18)21)5-10(8-20(13)15)11-3-1-2-4-12(11)17/h1-5,7-8H,6H2,(H2,18,21). The number of fused-ring (bicyclic) bond motifs is 1. The molecule has 3 aromatic rings. The van der Waals surface area contributed by atoms with E-state index in [1.807, 2.05) is 40.9 Å². The Morgan fingerprint density at radius 2 is 2.14 bits per heavy atom. The molecule has 0 aliphatic rings. The maximum absolute atomic E-state index is 11.3. The highest BCUT2D eigenvalue weighted by Crippen LogP contribution is 2.30. The molecule has 0 aliphatic carbocycles. The minimum absolute atomic E-state index is 0.130. The van der Waals surface area contributed by atoms with Gasteiger partial charge in [-0.15, -0.1) is 0 Å². The van der Waals surface area contributed by atoms with Gasteiger partial charge in [-0.1, -0.05) is 29.8 Å². The summed E-state index contributed by atoms with van der Waals surface area (Å²) < 4.78 is 2.67.